The van der Waals surface area contributed by atoms with Gasteiger partial charge in [-0.05, 0) is 24.1 Å². The molecule has 1 atom stereocenters. The maximum Gasteiger partial charge on any atom is 0.0912 e. The Morgan fingerprint density at radius 2 is 1.88 bits per heavy atom. The Morgan fingerprint density at radius 1 is 1.24 bits per heavy atom. The second kappa shape index (κ2) is 6.34. The number of benzene rings is 1. The van der Waals surface area contributed by atoms with Crippen LogP contribution in [0.1, 0.15) is 18.0 Å². The lowest BCUT2D eigenvalue weighted by atomic mass is 10.0. The Morgan fingerprint density at radius 3 is 2.47 bits per heavy atom. The quantitative estimate of drug-likeness (QED) is 0.891. The third-order valence-electron chi connectivity index (χ3n) is 3.23. The summed E-state index contributed by atoms with van der Waals surface area (Å²) >= 11 is 5.88. The molecule has 2 nitrogen and oxygen atoms in total. The highest BCUT2D eigenvalue weighted by atomic mass is 35.5. The van der Waals surface area contributed by atoms with E-state index < -0.39 is 0 Å². The van der Waals surface area contributed by atoms with Crippen LogP contribution in [0.3, 0.4) is 0 Å². The van der Waals surface area contributed by atoms with Gasteiger partial charge in [-0.3, -0.25) is 9.29 Å². The van der Waals surface area contributed by atoms with Crippen LogP contribution in [-0.4, -0.2) is 37.8 Å². The second-order valence-electron chi connectivity index (χ2n) is 4.33. The summed E-state index contributed by atoms with van der Waals surface area (Å²) in [6.45, 7) is 3.64. The number of nitrogens with zero attached hydrogens (tertiary/aromatic N) is 1. The molecule has 0 unspecified atom stereocenters. The number of piperazine rings is 1. The fraction of sp³-hybridized carbons (Fsp3) is 0.538. The largest absolute Gasteiger partial charge is 0.314 e. The average molecular weight is 257 g/mol. The number of hydrogen-bond donors (Lipinski definition) is 1. The molecule has 1 N–H and O–H groups in total. The molecular formula is C13H18ClFN2. The summed E-state index contributed by atoms with van der Waals surface area (Å²) < 4.78 is 12.7. The molecule has 0 spiro atoms. The van der Waals surface area contributed by atoms with Crippen molar-refractivity contribution in [1.82, 2.24) is 10.2 Å². The Labute approximate surface area is 107 Å². The molecule has 0 amide bonds. The van der Waals surface area contributed by atoms with Crippen LogP contribution in [0.25, 0.3) is 0 Å². The summed E-state index contributed by atoms with van der Waals surface area (Å²) in [7, 11) is 0. The molecule has 1 saturated heterocycles. The summed E-state index contributed by atoms with van der Waals surface area (Å²) in [6, 6.07) is 7.95. The second-order valence-corrected chi connectivity index (χ2v) is 4.77. The molecule has 1 aliphatic rings. The summed E-state index contributed by atoms with van der Waals surface area (Å²) in [5.74, 6) is 0. The number of rotatable bonds is 4. The van der Waals surface area contributed by atoms with E-state index in [1.807, 2.05) is 24.3 Å². The van der Waals surface area contributed by atoms with Crippen LogP contribution in [0.4, 0.5) is 4.39 Å². The number of hydrogen-bond acceptors (Lipinski definition) is 2. The predicted octanol–water partition coefficient (Wildman–Crippen LogP) is 2.65. The molecule has 0 bridgehead atoms. The lowest BCUT2D eigenvalue weighted by Crippen LogP contribution is -2.45. The zero-order valence-electron chi connectivity index (χ0n) is 9.83. The molecule has 0 aromatic heterocycles. The van der Waals surface area contributed by atoms with Gasteiger partial charge in [-0.25, -0.2) is 0 Å². The van der Waals surface area contributed by atoms with E-state index >= 15 is 0 Å². The molecule has 0 saturated carbocycles. The number of nitrogens with one attached hydrogen (secondary N) is 1. The summed E-state index contributed by atoms with van der Waals surface area (Å²) in [6.07, 6.45) is 0.557. The van der Waals surface area contributed by atoms with Crippen molar-refractivity contribution in [2.45, 2.75) is 12.5 Å². The van der Waals surface area contributed by atoms with Crippen LogP contribution in [0, 0.1) is 0 Å². The van der Waals surface area contributed by atoms with Crippen molar-refractivity contribution in [3.63, 3.8) is 0 Å². The van der Waals surface area contributed by atoms with Gasteiger partial charge in [-0.2, -0.15) is 0 Å². The van der Waals surface area contributed by atoms with Crippen molar-refractivity contribution in [2.75, 3.05) is 32.9 Å². The van der Waals surface area contributed by atoms with Crippen molar-refractivity contribution in [1.29, 1.82) is 0 Å². The SMILES string of the molecule is FCC[C@@H](c1ccc(Cl)cc1)N1CCNCC1. The van der Waals surface area contributed by atoms with E-state index in [0.29, 0.717) is 6.42 Å². The molecule has 17 heavy (non-hydrogen) atoms. The molecule has 1 aromatic rings. The first-order valence-corrected chi connectivity index (χ1v) is 6.45. The summed E-state index contributed by atoms with van der Waals surface area (Å²) in [4.78, 5) is 2.35. The van der Waals surface area contributed by atoms with Crippen LogP contribution < -0.4 is 5.32 Å². The molecule has 4 heteroatoms. The first-order chi connectivity index (χ1) is 8.31. The van der Waals surface area contributed by atoms with E-state index in [1.165, 1.54) is 0 Å². The lowest BCUT2D eigenvalue weighted by Gasteiger charge is -2.34. The Kier molecular flexibility index (Phi) is 4.77. The minimum absolute atomic E-state index is 0.180. The van der Waals surface area contributed by atoms with E-state index in [1.54, 1.807) is 0 Å². The minimum atomic E-state index is -0.281. The minimum Gasteiger partial charge on any atom is -0.314 e. The summed E-state index contributed by atoms with van der Waals surface area (Å²) in [5.41, 5.74) is 1.16. The van der Waals surface area contributed by atoms with Gasteiger partial charge in [0.1, 0.15) is 0 Å². The van der Waals surface area contributed by atoms with Crippen LogP contribution in [0.2, 0.25) is 5.02 Å². The maximum absolute atomic E-state index is 12.7. The fourth-order valence-electron chi connectivity index (χ4n) is 2.34. The Balaban J connectivity index is 2.12. The highest BCUT2D eigenvalue weighted by Gasteiger charge is 2.21. The van der Waals surface area contributed by atoms with Gasteiger partial charge < -0.3 is 5.32 Å². The molecule has 0 radical (unpaired) electrons. The molecule has 0 aliphatic carbocycles. The zero-order valence-corrected chi connectivity index (χ0v) is 10.6. The molecule has 1 fully saturated rings. The Bertz CT molecular complexity index is 336. The first kappa shape index (κ1) is 12.8. The lowest BCUT2D eigenvalue weighted by molar-refractivity contribution is 0.157. The number of halogens is 2. The van der Waals surface area contributed by atoms with Gasteiger partial charge in [0.15, 0.2) is 0 Å². The molecule has 1 aliphatic heterocycles. The monoisotopic (exact) mass is 256 g/mol. The van der Waals surface area contributed by atoms with Crippen molar-refractivity contribution < 1.29 is 4.39 Å². The molecular weight excluding hydrogens is 239 g/mol. The summed E-state index contributed by atoms with van der Waals surface area (Å²) in [5, 5.41) is 4.05. The van der Waals surface area contributed by atoms with Gasteiger partial charge in [-0.1, -0.05) is 23.7 Å². The normalized spacial score (nSPS) is 19.2. The third kappa shape index (κ3) is 3.41. The van der Waals surface area contributed by atoms with Gasteiger partial charge in [0.25, 0.3) is 0 Å². The van der Waals surface area contributed by atoms with Crippen molar-refractivity contribution >= 4 is 11.6 Å². The van der Waals surface area contributed by atoms with E-state index in [4.69, 9.17) is 11.6 Å². The Hall–Kier alpha value is -0.640. The van der Waals surface area contributed by atoms with E-state index in [-0.39, 0.29) is 12.7 Å². The molecule has 1 aromatic carbocycles. The fourth-order valence-corrected chi connectivity index (χ4v) is 2.47. The molecule has 1 heterocycles. The van der Waals surface area contributed by atoms with Crippen LogP contribution in [0.15, 0.2) is 24.3 Å². The number of alkyl halides is 1. The highest BCUT2D eigenvalue weighted by Crippen LogP contribution is 2.26. The zero-order chi connectivity index (χ0) is 12.1. The van der Waals surface area contributed by atoms with E-state index in [0.717, 1.165) is 36.8 Å². The first-order valence-electron chi connectivity index (χ1n) is 6.07. The third-order valence-corrected chi connectivity index (χ3v) is 3.48. The van der Waals surface area contributed by atoms with E-state index in [2.05, 4.69) is 10.2 Å². The maximum atomic E-state index is 12.7. The molecule has 2 rings (SSSR count). The van der Waals surface area contributed by atoms with Crippen molar-refractivity contribution in [2.24, 2.45) is 0 Å². The average Bonchev–Trinajstić information content (AvgIpc) is 2.38. The standard InChI is InChI=1S/C13H18ClFN2/c14-12-3-1-11(2-4-12)13(5-6-15)17-9-7-16-8-10-17/h1-4,13,16H,5-10H2/t13-/m0/s1. The van der Waals surface area contributed by atoms with Crippen molar-refractivity contribution in [3.8, 4) is 0 Å². The van der Waals surface area contributed by atoms with Crippen LogP contribution in [-0.2, 0) is 0 Å². The van der Waals surface area contributed by atoms with Gasteiger partial charge in [0, 0.05) is 37.2 Å². The topological polar surface area (TPSA) is 15.3 Å². The highest BCUT2D eigenvalue weighted by molar-refractivity contribution is 6.30. The van der Waals surface area contributed by atoms with Gasteiger partial charge in [0.2, 0.25) is 0 Å². The van der Waals surface area contributed by atoms with Gasteiger partial charge in [-0.15, -0.1) is 0 Å². The van der Waals surface area contributed by atoms with Crippen LogP contribution in [0.5, 0.6) is 0 Å². The van der Waals surface area contributed by atoms with Crippen molar-refractivity contribution in [3.05, 3.63) is 34.9 Å². The van der Waals surface area contributed by atoms with E-state index in [9.17, 15) is 4.39 Å². The molecule has 94 valence electrons. The van der Waals surface area contributed by atoms with Crippen LogP contribution >= 0.6 is 11.6 Å². The van der Waals surface area contributed by atoms with Gasteiger partial charge in [0.05, 0.1) is 6.67 Å². The predicted molar refractivity (Wildman–Crippen MR) is 69.2 cm³/mol. The smallest absolute Gasteiger partial charge is 0.0912 e. The van der Waals surface area contributed by atoms with Gasteiger partial charge >= 0.3 is 0 Å².